The lowest BCUT2D eigenvalue weighted by atomic mass is 10.0. The molecule has 2 N–H and O–H groups in total. The summed E-state index contributed by atoms with van der Waals surface area (Å²) in [5, 5.41) is 13.1. The number of rotatable bonds is 8. The molecule has 0 bridgehead atoms. The van der Waals surface area contributed by atoms with E-state index in [-0.39, 0.29) is 18.7 Å². The molecule has 2 rings (SSSR count). The molecule has 0 spiro atoms. The van der Waals surface area contributed by atoms with Crippen molar-refractivity contribution in [1.82, 2.24) is 10.3 Å². The second-order valence-corrected chi connectivity index (χ2v) is 6.72. The van der Waals surface area contributed by atoms with E-state index in [1.165, 1.54) is 4.90 Å². The third-order valence-corrected chi connectivity index (χ3v) is 4.73. The molecule has 2 aromatic rings. The van der Waals surface area contributed by atoms with E-state index in [9.17, 15) is 5.11 Å². The minimum absolute atomic E-state index is 0.0726. The number of aliphatic hydroxyl groups excluding tert-OH is 1. The van der Waals surface area contributed by atoms with E-state index in [1.54, 1.807) is 11.8 Å². The first-order chi connectivity index (χ1) is 10.7. The van der Waals surface area contributed by atoms with Crippen LogP contribution in [-0.4, -0.2) is 28.5 Å². The normalized spacial score (nSPS) is 14.0. The van der Waals surface area contributed by atoms with Gasteiger partial charge >= 0.3 is 0 Å². The Bertz CT molecular complexity index is 533. The fourth-order valence-corrected chi connectivity index (χ4v) is 3.19. The van der Waals surface area contributed by atoms with E-state index in [1.807, 2.05) is 30.5 Å². The Labute approximate surface area is 137 Å². The van der Waals surface area contributed by atoms with Gasteiger partial charge in [-0.2, -0.15) is 0 Å². The Hall–Kier alpha value is -1.36. The van der Waals surface area contributed by atoms with Crippen LogP contribution in [0.1, 0.15) is 25.6 Å². The second-order valence-electron chi connectivity index (χ2n) is 5.63. The van der Waals surface area contributed by atoms with E-state index >= 15 is 0 Å². The van der Waals surface area contributed by atoms with E-state index in [0.29, 0.717) is 5.92 Å². The Balaban J connectivity index is 2.08. The maximum absolute atomic E-state index is 9.59. The monoisotopic (exact) mass is 316 g/mol. The van der Waals surface area contributed by atoms with Crippen LogP contribution in [-0.2, 0) is 0 Å². The quantitative estimate of drug-likeness (QED) is 0.732. The summed E-state index contributed by atoms with van der Waals surface area (Å²) in [5.74, 6) is 1.25. The van der Waals surface area contributed by atoms with Crippen LogP contribution >= 0.6 is 11.8 Å². The highest BCUT2D eigenvalue weighted by Gasteiger charge is 2.20. The van der Waals surface area contributed by atoms with Crippen LogP contribution in [0.15, 0.2) is 59.6 Å². The minimum atomic E-state index is 0.0726. The molecule has 1 heterocycles. The molecule has 1 aromatic heterocycles. The predicted octanol–water partition coefficient (Wildman–Crippen LogP) is 3.52. The lowest BCUT2D eigenvalue weighted by Crippen LogP contribution is -2.40. The van der Waals surface area contributed by atoms with Crippen LogP contribution < -0.4 is 5.32 Å². The lowest BCUT2D eigenvalue weighted by molar-refractivity contribution is 0.201. The maximum atomic E-state index is 9.59. The molecule has 0 aliphatic carbocycles. The number of aromatic nitrogens is 1. The SMILES string of the molecule is CC(C)[C@@H](CO)N[C@@H](CSc1ccccc1)c1ccccn1. The number of pyridine rings is 1. The first-order valence-electron chi connectivity index (χ1n) is 7.66. The third-order valence-electron chi connectivity index (χ3n) is 3.62. The van der Waals surface area contributed by atoms with Gasteiger partial charge in [-0.25, -0.2) is 0 Å². The van der Waals surface area contributed by atoms with Gasteiger partial charge in [-0.05, 0) is 30.2 Å². The lowest BCUT2D eigenvalue weighted by Gasteiger charge is -2.26. The van der Waals surface area contributed by atoms with E-state index < -0.39 is 0 Å². The third kappa shape index (κ3) is 5.13. The van der Waals surface area contributed by atoms with Gasteiger partial charge < -0.3 is 10.4 Å². The Morgan fingerprint density at radius 2 is 1.82 bits per heavy atom. The highest BCUT2D eigenvalue weighted by atomic mass is 32.2. The summed E-state index contributed by atoms with van der Waals surface area (Å²) in [7, 11) is 0. The molecule has 2 atom stereocenters. The van der Waals surface area contributed by atoms with Crippen LogP contribution in [0.4, 0.5) is 0 Å². The molecule has 0 aliphatic rings. The van der Waals surface area contributed by atoms with Crippen molar-refractivity contribution in [2.75, 3.05) is 12.4 Å². The molecule has 3 nitrogen and oxygen atoms in total. The van der Waals surface area contributed by atoms with Crippen molar-refractivity contribution in [2.45, 2.75) is 30.8 Å². The zero-order chi connectivity index (χ0) is 15.8. The average molecular weight is 316 g/mol. The van der Waals surface area contributed by atoms with Gasteiger partial charge in [-0.3, -0.25) is 4.98 Å². The summed E-state index contributed by atoms with van der Waals surface area (Å²) >= 11 is 1.80. The maximum Gasteiger partial charge on any atom is 0.0593 e. The summed E-state index contributed by atoms with van der Waals surface area (Å²) < 4.78 is 0. The topological polar surface area (TPSA) is 45.1 Å². The van der Waals surface area contributed by atoms with Gasteiger partial charge in [0.1, 0.15) is 0 Å². The number of benzene rings is 1. The van der Waals surface area contributed by atoms with E-state index in [2.05, 4.69) is 48.4 Å². The van der Waals surface area contributed by atoms with Crippen LogP contribution in [0.25, 0.3) is 0 Å². The Kier molecular flexibility index (Phi) is 6.90. The molecule has 0 saturated carbocycles. The second kappa shape index (κ2) is 8.93. The largest absolute Gasteiger partial charge is 0.395 e. The first kappa shape index (κ1) is 17.0. The number of aliphatic hydroxyl groups is 1. The molecule has 0 aliphatic heterocycles. The van der Waals surface area contributed by atoms with E-state index in [0.717, 1.165) is 11.4 Å². The van der Waals surface area contributed by atoms with Crippen LogP contribution in [0.2, 0.25) is 0 Å². The van der Waals surface area contributed by atoms with Crippen LogP contribution in [0, 0.1) is 5.92 Å². The zero-order valence-electron chi connectivity index (χ0n) is 13.1. The standard InChI is InChI=1S/C18H24N2OS/c1-14(2)17(12-21)20-18(16-10-6-7-11-19-16)13-22-15-8-4-3-5-9-15/h3-11,14,17-18,20-21H,12-13H2,1-2H3/t17-,18+/m1/s1. The molecule has 0 saturated heterocycles. The van der Waals surface area contributed by atoms with Crippen molar-refractivity contribution in [1.29, 1.82) is 0 Å². The van der Waals surface area contributed by atoms with Gasteiger partial charge in [0.2, 0.25) is 0 Å². The molecular formula is C18H24N2OS. The van der Waals surface area contributed by atoms with Crippen molar-refractivity contribution in [3.05, 3.63) is 60.4 Å². The Morgan fingerprint density at radius 1 is 1.09 bits per heavy atom. The highest BCUT2D eigenvalue weighted by Crippen LogP contribution is 2.24. The molecule has 1 aromatic carbocycles. The predicted molar refractivity (Wildman–Crippen MR) is 93.0 cm³/mol. The zero-order valence-corrected chi connectivity index (χ0v) is 14.0. The van der Waals surface area contributed by atoms with Gasteiger partial charge in [0.05, 0.1) is 18.3 Å². The van der Waals surface area contributed by atoms with Gasteiger partial charge in [0.25, 0.3) is 0 Å². The van der Waals surface area contributed by atoms with Crippen LogP contribution in [0.5, 0.6) is 0 Å². The molecule has 4 heteroatoms. The van der Waals surface area contributed by atoms with Crippen molar-refractivity contribution in [2.24, 2.45) is 5.92 Å². The first-order valence-corrected chi connectivity index (χ1v) is 8.65. The summed E-state index contributed by atoms with van der Waals surface area (Å²) in [5.41, 5.74) is 1.02. The van der Waals surface area contributed by atoms with Gasteiger partial charge in [-0.1, -0.05) is 38.1 Å². The molecule has 0 radical (unpaired) electrons. The number of hydrogen-bond donors (Lipinski definition) is 2. The van der Waals surface area contributed by atoms with Crippen molar-refractivity contribution >= 4 is 11.8 Å². The number of hydrogen-bond acceptors (Lipinski definition) is 4. The van der Waals surface area contributed by atoms with E-state index in [4.69, 9.17) is 0 Å². The molecule has 0 fully saturated rings. The molecule has 0 unspecified atom stereocenters. The van der Waals surface area contributed by atoms with Gasteiger partial charge in [0.15, 0.2) is 0 Å². The van der Waals surface area contributed by atoms with Crippen molar-refractivity contribution < 1.29 is 5.11 Å². The molecule has 0 amide bonds. The fourth-order valence-electron chi connectivity index (χ4n) is 2.21. The summed E-state index contributed by atoms with van der Waals surface area (Å²) in [6.45, 7) is 4.37. The van der Waals surface area contributed by atoms with Gasteiger partial charge in [0, 0.05) is 22.9 Å². The minimum Gasteiger partial charge on any atom is -0.395 e. The van der Waals surface area contributed by atoms with Crippen molar-refractivity contribution in [3.63, 3.8) is 0 Å². The smallest absolute Gasteiger partial charge is 0.0593 e. The molecular weight excluding hydrogens is 292 g/mol. The fraction of sp³-hybridized carbons (Fsp3) is 0.389. The number of nitrogens with zero attached hydrogens (tertiary/aromatic N) is 1. The summed E-state index contributed by atoms with van der Waals surface area (Å²) in [6.07, 6.45) is 1.82. The van der Waals surface area contributed by atoms with Crippen molar-refractivity contribution in [3.8, 4) is 0 Å². The van der Waals surface area contributed by atoms with Gasteiger partial charge in [-0.15, -0.1) is 11.8 Å². The number of nitrogens with one attached hydrogen (secondary N) is 1. The summed E-state index contributed by atoms with van der Waals surface area (Å²) in [4.78, 5) is 5.73. The average Bonchev–Trinajstić information content (AvgIpc) is 2.56. The number of thioether (sulfide) groups is 1. The summed E-state index contributed by atoms with van der Waals surface area (Å²) in [6, 6.07) is 16.5. The van der Waals surface area contributed by atoms with Crippen LogP contribution in [0.3, 0.4) is 0 Å². The molecule has 118 valence electrons. The highest BCUT2D eigenvalue weighted by molar-refractivity contribution is 7.99. The Morgan fingerprint density at radius 3 is 2.41 bits per heavy atom. The molecule has 22 heavy (non-hydrogen) atoms.